The fourth-order valence-corrected chi connectivity index (χ4v) is 2.21. The molecule has 0 bridgehead atoms. The standard InChI is InChI=1S/C12H18N2O.2C2H6/c1-7-5-6-10-11(13-12(7)15)8(2)9(3)14(10)4;2*1-2/h7H,5-6H2,1-4H3,(H,13,15);2*1-2H3. The number of amides is 1. The fourth-order valence-electron chi connectivity index (χ4n) is 2.21. The zero-order chi connectivity index (χ0) is 15.2. The van der Waals surface area contributed by atoms with Gasteiger partial charge in [-0.1, -0.05) is 34.6 Å². The quantitative estimate of drug-likeness (QED) is 0.749. The number of nitrogens with zero attached hydrogens (tertiary/aromatic N) is 1. The summed E-state index contributed by atoms with van der Waals surface area (Å²) in [7, 11) is 2.07. The van der Waals surface area contributed by atoms with Crippen molar-refractivity contribution in [1.29, 1.82) is 0 Å². The Kier molecular flexibility index (Phi) is 7.50. The molecule has 0 saturated carbocycles. The van der Waals surface area contributed by atoms with Gasteiger partial charge in [0.05, 0.1) is 5.69 Å². The average Bonchev–Trinajstić information content (AvgIpc) is 2.59. The van der Waals surface area contributed by atoms with E-state index in [1.165, 1.54) is 17.0 Å². The zero-order valence-electron chi connectivity index (χ0n) is 13.8. The van der Waals surface area contributed by atoms with Crippen molar-refractivity contribution in [1.82, 2.24) is 4.57 Å². The van der Waals surface area contributed by atoms with Gasteiger partial charge in [0.15, 0.2) is 0 Å². The van der Waals surface area contributed by atoms with E-state index in [1.54, 1.807) is 0 Å². The van der Waals surface area contributed by atoms with E-state index in [4.69, 9.17) is 0 Å². The predicted molar refractivity (Wildman–Crippen MR) is 83.7 cm³/mol. The van der Waals surface area contributed by atoms with Crippen LogP contribution in [0, 0.1) is 19.8 Å². The number of fused-ring (bicyclic) bond motifs is 1. The highest BCUT2D eigenvalue weighted by Gasteiger charge is 2.24. The summed E-state index contributed by atoms with van der Waals surface area (Å²) in [5, 5.41) is 3.04. The molecule has 1 aromatic rings. The summed E-state index contributed by atoms with van der Waals surface area (Å²) >= 11 is 0. The van der Waals surface area contributed by atoms with Crippen molar-refractivity contribution in [2.45, 2.75) is 61.3 Å². The second-order valence-corrected chi connectivity index (χ2v) is 4.52. The third-order valence-corrected chi connectivity index (χ3v) is 3.62. The maximum absolute atomic E-state index is 11.7. The number of hydrogen-bond donors (Lipinski definition) is 1. The lowest BCUT2D eigenvalue weighted by Gasteiger charge is -2.06. The molecule has 0 spiro atoms. The van der Waals surface area contributed by atoms with Gasteiger partial charge < -0.3 is 9.88 Å². The molecule has 1 aromatic heterocycles. The first-order valence-corrected chi connectivity index (χ1v) is 7.48. The van der Waals surface area contributed by atoms with Crippen LogP contribution < -0.4 is 5.32 Å². The molecule has 2 rings (SSSR count). The zero-order valence-corrected chi connectivity index (χ0v) is 13.8. The van der Waals surface area contributed by atoms with Crippen LogP contribution in [0.4, 0.5) is 5.69 Å². The molecule has 19 heavy (non-hydrogen) atoms. The monoisotopic (exact) mass is 266 g/mol. The fraction of sp³-hybridized carbons (Fsp3) is 0.688. The van der Waals surface area contributed by atoms with Crippen LogP contribution in [0.1, 0.15) is 58.0 Å². The second kappa shape index (κ2) is 8.03. The van der Waals surface area contributed by atoms with Crippen LogP contribution in [0.5, 0.6) is 0 Å². The molecule has 1 unspecified atom stereocenters. The highest BCUT2D eigenvalue weighted by atomic mass is 16.1. The summed E-state index contributed by atoms with van der Waals surface area (Å²) in [6.45, 7) is 14.2. The molecule has 0 aromatic carbocycles. The van der Waals surface area contributed by atoms with Crippen LogP contribution in [0.25, 0.3) is 0 Å². The number of anilines is 1. The first-order chi connectivity index (χ1) is 9.02. The summed E-state index contributed by atoms with van der Waals surface area (Å²) in [6.07, 6.45) is 1.93. The Hall–Kier alpha value is -1.25. The Morgan fingerprint density at radius 1 is 1.16 bits per heavy atom. The van der Waals surface area contributed by atoms with Crippen LogP contribution in [0.2, 0.25) is 0 Å². The topological polar surface area (TPSA) is 34.0 Å². The van der Waals surface area contributed by atoms with Gasteiger partial charge in [-0.15, -0.1) is 0 Å². The molecule has 1 N–H and O–H groups in total. The second-order valence-electron chi connectivity index (χ2n) is 4.52. The van der Waals surface area contributed by atoms with Crippen molar-refractivity contribution in [3.8, 4) is 0 Å². The molecule has 1 atom stereocenters. The molecule has 1 amide bonds. The smallest absolute Gasteiger partial charge is 0.227 e. The summed E-state index contributed by atoms with van der Waals surface area (Å²) in [5.41, 5.74) is 4.76. The first-order valence-electron chi connectivity index (χ1n) is 7.48. The average molecular weight is 266 g/mol. The Bertz CT molecular complexity index is 419. The van der Waals surface area contributed by atoms with Crippen molar-refractivity contribution < 1.29 is 4.79 Å². The van der Waals surface area contributed by atoms with Crippen LogP contribution in [-0.4, -0.2) is 10.5 Å². The summed E-state index contributed by atoms with van der Waals surface area (Å²) in [6, 6.07) is 0. The summed E-state index contributed by atoms with van der Waals surface area (Å²) in [4.78, 5) is 11.7. The Balaban J connectivity index is 0.000000741. The maximum atomic E-state index is 11.7. The molecule has 3 nitrogen and oxygen atoms in total. The van der Waals surface area contributed by atoms with E-state index in [0.717, 1.165) is 18.5 Å². The number of carbonyl (C=O) groups excluding carboxylic acids is 1. The van der Waals surface area contributed by atoms with Crippen molar-refractivity contribution in [2.75, 3.05) is 5.32 Å². The van der Waals surface area contributed by atoms with Gasteiger partial charge in [0.2, 0.25) is 5.91 Å². The Labute approximate surface area is 118 Å². The molecule has 1 aliphatic heterocycles. The van der Waals surface area contributed by atoms with E-state index in [0.29, 0.717) is 0 Å². The Morgan fingerprint density at radius 2 is 1.68 bits per heavy atom. The summed E-state index contributed by atoms with van der Waals surface area (Å²) in [5.74, 6) is 0.277. The maximum Gasteiger partial charge on any atom is 0.227 e. The number of aromatic nitrogens is 1. The SMILES string of the molecule is CC.CC.Cc1c2c(n(C)c1C)CCC(C)C(=O)N2. The molecule has 0 fully saturated rings. The van der Waals surface area contributed by atoms with E-state index < -0.39 is 0 Å². The predicted octanol–water partition coefficient (Wildman–Crippen LogP) is 4.22. The number of nitrogens with one attached hydrogen (secondary N) is 1. The van der Waals surface area contributed by atoms with E-state index >= 15 is 0 Å². The molecule has 110 valence electrons. The van der Waals surface area contributed by atoms with Gasteiger partial charge in [-0.2, -0.15) is 0 Å². The van der Waals surface area contributed by atoms with E-state index in [9.17, 15) is 4.79 Å². The van der Waals surface area contributed by atoms with Crippen molar-refractivity contribution >= 4 is 11.6 Å². The normalized spacial score (nSPS) is 17.1. The van der Waals surface area contributed by atoms with Crippen LogP contribution >= 0.6 is 0 Å². The lowest BCUT2D eigenvalue weighted by atomic mass is 10.1. The molecule has 2 heterocycles. The number of hydrogen-bond acceptors (Lipinski definition) is 1. The van der Waals surface area contributed by atoms with Crippen molar-refractivity contribution in [3.63, 3.8) is 0 Å². The van der Waals surface area contributed by atoms with Crippen LogP contribution in [0.3, 0.4) is 0 Å². The highest BCUT2D eigenvalue weighted by molar-refractivity contribution is 5.94. The van der Waals surface area contributed by atoms with Crippen LogP contribution in [0.15, 0.2) is 0 Å². The van der Waals surface area contributed by atoms with Gasteiger partial charge in [-0.25, -0.2) is 0 Å². The molecule has 3 heteroatoms. The molecular formula is C16H30N2O. The van der Waals surface area contributed by atoms with Gasteiger partial charge in [-0.3, -0.25) is 4.79 Å². The minimum Gasteiger partial charge on any atom is -0.350 e. The minimum absolute atomic E-state index is 0.122. The third-order valence-electron chi connectivity index (χ3n) is 3.62. The molecule has 1 aliphatic rings. The van der Waals surface area contributed by atoms with Gasteiger partial charge >= 0.3 is 0 Å². The largest absolute Gasteiger partial charge is 0.350 e. The van der Waals surface area contributed by atoms with Gasteiger partial charge in [0.1, 0.15) is 0 Å². The van der Waals surface area contributed by atoms with Crippen molar-refractivity contribution in [3.05, 3.63) is 17.0 Å². The minimum atomic E-state index is 0.122. The molecule has 0 saturated heterocycles. The highest BCUT2D eigenvalue weighted by Crippen LogP contribution is 2.31. The number of rotatable bonds is 0. The lowest BCUT2D eigenvalue weighted by Crippen LogP contribution is -2.18. The van der Waals surface area contributed by atoms with Gasteiger partial charge in [-0.05, 0) is 32.3 Å². The Morgan fingerprint density at radius 3 is 2.21 bits per heavy atom. The van der Waals surface area contributed by atoms with E-state index in [2.05, 4.69) is 30.8 Å². The first kappa shape index (κ1) is 17.8. The molecule has 0 aliphatic carbocycles. The third kappa shape index (κ3) is 3.62. The van der Waals surface area contributed by atoms with Crippen molar-refractivity contribution in [2.24, 2.45) is 13.0 Å². The van der Waals surface area contributed by atoms with E-state index in [1.807, 2.05) is 34.6 Å². The number of carbonyl (C=O) groups is 1. The van der Waals surface area contributed by atoms with E-state index in [-0.39, 0.29) is 11.8 Å². The van der Waals surface area contributed by atoms with Gasteiger partial charge in [0.25, 0.3) is 0 Å². The molecular weight excluding hydrogens is 236 g/mol. The summed E-state index contributed by atoms with van der Waals surface area (Å²) < 4.78 is 2.20. The lowest BCUT2D eigenvalue weighted by molar-refractivity contribution is -0.119. The van der Waals surface area contributed by atoms with Crippen LogP contribution in [-0.2, 0) is 18.3 Å². The molecule has 0 radical (unpaired) electrons. The van der Waals surface area contributed by atoms with Gasteiger partial charge in [0, 0.05) is 24.4 Å².